The Labute approximate surface area is 104 Å². The second-order valence-corrected chi connectivity index (χ2v) is 4.36. The fourth-order valence-corrected chi connectivity index (χ4v) is 2.10. The van der Waals surface area contributed by atoms with E-state index in [4.69, 9.17) is 4.74 Å². The van der Waals surface area contributed by atoms with E-state index in [0.717, 1.165) is 19.5 Å². The van der Waals surface area contributed by atoms with Crippen molar-refractivity contribution in [3.63, 3.8) is 0 Å². The van der Waals surface area contributed by atoms with Crippen molar-refractivity contribution < 1.29 is 9.13 Å². The summed E-state index contributed by atoms with van der Waals surface area (Å²) in [7, 11) is 0. The highest BCUT2D eigenvalue weighted by atomic mass is 19.1. The summed E-state index contributed by atoms with van der Waals surface area (Å²) in [5, 5.41) is 7.56. The predicted octanol–water partition coefficient (Wildman–Crippen LogP) is 2.35. The topological polar surface area (TPSA) is 39.1 Å². The molecule has 1 fully saturated rings. The molecular formula is C13H14FN3O. The zero-order chi connectivity index (χ0) is 12.4. The fourth-order valence-electron chi connectivity index (χ4n) is 2.10. The summed E-state index contributed by atoms with van der Waals surface area (Å²) < 4.78 is 20.5. The summed E-state index contributed by atoms with van der Waals surface area (Å²) in [6, 6.07) is 6.47. The molecule has 3 rings (SSSR count). The van der Waals surface area contributed by atoms with E-state index >= 15 is 0 Å². The van der Waals surface area contributed by atoms with Gasteiger partial charge in [-0.05, 0) is 25.1 Å². The Kier molecular flexibility index (Phi) is 2.98. The van der Waals surface area contributed by atoms with Gasteiger partial charge in [0.15, 0.2) is 5.75 Å². The van der Waals surface area contributed by atoms with E-state index in [1.807, 2.05) is 10.9 Å². The third kappa shape index (κ3) is 2.36. The van der Waals surface area contributed by atoms with Crippen LogP contribution in [0.1, 0.15) is 12.5 Å². The van der Waals surface area contributed by atoms with Crippen LogP contribution in [0.4, 0.5) is 4.39 Å². The Morgan fingerprint density at radius 2 is 2.33 bits per heavy atom. The third-order valence-corrected chi connectivity index (χ3v) is 3.02. The largest absolute Gasteiger partial charge is 0.454 e. The van der Waals surface area contributed by atoms with Gasteiger partial charge in [0.05, 0.1) is 18.4 Å². The lowest BCUT2D eigenvalue weighted by atomic mass is 10.3. The maximum absolute atomic E-state index is 13.0. The van der Waals surface area contributed by atoms with Crippen LogP contribution in [0.25, 0.3) is 0 Å². The van der Waals surface area contributed by atoms with Gasteiger partial charge in [-0.3, -0.25) is 4.68 Å². The van der Waals surface area contributed by atoms with Crippen molar-refractivity contribution in [1.29, 1.82) is 0 Å². The Bertz CT molecular complexity index is 535. The van der Waals surface area contributed by atoms with Crippen molar-refractivity contribution in [3.05, 3.63) is 42.5 Å². The first-order valence-electron chi connectivity index (χ1n) is 5.99. The monoisotopic (exact) mass is 247 g/mol. The molecule has 1 aliphatic rings. The molecule has 0 radical (unpaired) electrons. The molecule has 0 bridgehead atoms. The quantitative estimate of drug-likeness (QED) is 0.904. The van der Waals surface area contributed by atoms with Gasteiger partial charge in [0.2, 0.25) is 0 Å². The molecule has 0 spiro atoms. The highest BCUT2D eigenvalue weighted by molar-refractivity contribution is 5.28. The van der Waals surface area contributed by atoms with Crippen molar-refractivity contribution >= 4 is 0 Å². The van der Waals surface area contributed by atoms with Gasteiger partial charge in [-0.15, -0.1) is 0 Å². The van der Waals surface area contributed by atoms with Crippen LogP contribution in [0, 0.1) is 5.82 Å². The third-order valence-electron chi connectivity index (χ3n) is 3.02. The Morgan fingerprint density at radius 3 is 3.11 bits per heavy atom. The Morgan fingerprint density at radius 1 is 1.39 bits per heavy atom. The van der Waals surface area contributed by atoms with Crippen LogP contribution < -0.4 is 10.1 Å². The number of hydrogen-bond donors (Lipinski definition) is 1. The van der Waals surface area contributed by atoms with Crippen LogP contribution in [0.2, 0.25) is 0 Å². The highest BCUT2D eigenvalue weighted by Gasteiger charge is 2.17. The van der Waals surface area contributed by atoms with E-state index < -0.39 is 0 Å². The minimum Gasteiger partial charge on any atom is -0.454 e. The van der Waals surface area contributed by atoms with Gasteiger partial charge in [-0.1, -0.05) is 6.07 Å². The van der Waals surface area contributed by atoms with Crippen LogP contribution in [0.15, 0.2) is 36.7 Å². The van der Waals surface area contributed by atoms with Gasteiger partial charge in [0.1, 0.15) is 11.6 Å². The lowest BCUT2D eigenvalue weighted by Crippen LogP contribution is -2.13. The minimum absolute atomic E-state index is 0.306. The lowest BCUT2D eigenvalue weighted by molar-refractivity contribution is 0.465. The Balaban J connectivity index is 1.73. The average Bonchev–Trinajstić information content (AvgIpc) is 2.98. The number of nitrogens with zero attached hydrogens (tertiary/aromatic N) is 2. The van der Waals surface area contributed by atoms with Crippen LogP contribution in [-0.4, -0.2) is 22.9 Å². The van der Waals surface area contributed by atoms with E-state index in [-0.39, 0.29) is 5.82 Å². The summed E-state index contributed by atoms with van der Waals surface area (Å²) in [4.78, 5) is 0. The summed E-state index contributed by atoms with van der Waals surface area (Å²) in [5.74, 6) is 0.812. The number of ether oxygens (including phenoxy) is 1. The number of nitrogens with one attached hydrogen (secondary N) is 1. The molecule has 5 heteroatoms. The summed E-state index contributed by atoms with van der Waals surface area (Å²) in [6.45, 7) is 1.95. The van der Waals surface area contributed by atoms with Crippen LogP contribution in [-0.2, 0) is 0 Å². The van der Waals surface area contributed by atoms with Crippen molar-refractivity contribution in [2.75, 3.05) is 13.1 Å². The fraction of sp³-hybridized carbons (Fsp3) is 0.308. The second-order valence-electron chi connectivity index (χ2n) is 4.36. The van der Waals surface area contributed by atoms with Gasteiger partial charge in [0.25, 0.3) is 0 Å². The van der Waals surface area contributed by atoms with Gasteiger partial charge in [0, 0.05) is 12.6 Å². The van der Waals surface area contributed by atoms with Crippen LogP contribution in [0.5, 0.6) is 11.5 Å². The molecular weight excluding hydrogens is 233 g/mol. The standard InChI is InChI=1S/C13H14FN3O/c14-10-2-1-3-12(6-10)18-13-8-16-17(9-13)11-4-5-15-7-11/h1-3,6,8-9,11,15H,4-5,7H2. The first kappa shape index (κ1) is 11.2. The molecule has 1 aromatic carbocycles. The second kappa shape index (κ2) is 4.78. The van der Waals surface area contributed by atoms with E-state index in [1.165, 1.54) is 12.1 Å². The molecule has 18 heavy (non-hydrogen) atoms. The molecule has 0 saturated carbocycles. The van der Waals surface area contributed by atoms with Crippen molar-refractivity contribution in [2.24, 2.45) is 0 Å². The smallest absolute Gasteiger partial charge is 0.165 e. The molecule has 1 aromatic heterocycles. The molecule has 0 amide bonds. The van der Waals surface area contributed by atoms with E-state index in [2.05, 4.69) is 10.4 Å². The highest BCUT2D eigenvalue weighted by Crippen LogP contribution is 2.23. The summed E-state index contributed by atoms with van der Waals surface area (Å²) in [6.07, 6.45) is 4.58. The first-order valence-corrected chi connectivity index (χ1v) is 5.99. The van der Waals surface area contributed by atoms with E-state index in [0.29, 0.717) is 17.5 Å². The number of hydrogen-bond acceptors (Lipinski definition) is 3. The summed E-state index contributed by atoms with van der Waals surface area (Å²) in [5.41, 5.74) is 0. The molecule has 2 aromatic rings. The van der Waals surface area contributed by atoms with Crippen LogP contribution >= 0.6 is 0 Å². The maximum atomic E-state index is 13.0. The van der Waals surface area contributed by atoms with Crippen molar-refractivity contribution in [1.82, 2.24) is 15.1 Å². The van der Waals surface area contributed by atoms with Gasteiger partial charge >= 0.3 is 0 Å². The molecule has 1 atom stereocenters. The van der Waals surface area contributed by atoms with Crippen molar-refractivity contribution in [2.45, 2.75) is 12.5 Å². The van der Waals surface area contributed by atoms with Gasteiger partial charge in [-0.2, -0.15) is 5.10 Å². The molecule has 1 aliphatic heterocycles. The van der Waals surface area contributed by atoms with Crippen LogP contribution in [0.3, 0.4) is 0 Å². The minimum atomic E-state index is -0.306. The molecule has 2 heterocycles. The van der Waals surface area contributed by atoms with Gasteiger partial charge < -0.3 is 10.1 Å². The lowest BCUT2D eigenvalue weighted by Gasteiger charge is -2.07. The molecule has 4 nitrogen and oxygen atoms in total. The summed E-state index contributed by atoms with van der Waals surface area (Å²) >= 11 is 0. The number of aromatic nitrogens is 2. The molecule has 1 N–H and O–H groups in total. The SMILES string of the molecule is Fc1cccc(Oc2cnn(C3CCNC3)c2)c1. The molecule has 0 aliphatic carbocycles. The van der Waals surface area contributed by atoms with E-state index in [1.54, 1.807) is 18.3 Å². The zero-order valence-electron chi connectivity index (χ0n) is 9.84. The number of rotatable bonds is 3. The molecule has 1 saturated heterocycles. The van der Waals surface area contributed by atoms with Gasteiger partial charge in [-0.25, -0.2) is 4.39 Å². The Hall–Kier alpha value is -1.88. The number of halogens is 1. The normalized spacial score (nSPS) is 19.1. The van der Waals surface area contributed by atoms with Crippen molar-refractivity contribution in [3.8, 4) is 11.5 Å². The molecule has 1 unspecified atom stereocenters. The number of benzene rings is 1. The first-order chi connectivity index (χ1) is 8.81. The average molecular weight is 247 g/mol. The maximum Gasteiger partial charge on any atom is 0.165 e. The zero-order valence-corrected chi connectivity index (χ0v) is 9.84. The molecule has 94 valence electrons. The van der Waals surface area contributed by atoms with E-state index in [9.17, 15) is 4.39 Å². The predicted molar refractivity (Wildman–Crippen MR) is 65.2 cm³/mol.